The zero-order valence-electron chi connectivity index (χ0n) is 8.80. The number of rotatable bonds is 5. The second-order valence-electron chi connectivity index (χ2n) is 2.92. The molecule has 0 aliphatic rings. The highest BCUT2D eigenvalue weighted by molar-refractivity contribution is 9.10. The second-order valence-corrected chi connectivity index (χ2v) is 3.71. The highest BCUT2D eigenvalue weighted by Gasteiger charge is 2.10. The minimum Gasteiger partial charge on any atom is -0.302 e. The minimum absolute atomic E-state index is 0.664. The van der Waals surface area contributed by atoms with Gasteiger partial charge in [0.25, 0.3) is 0 Å². The average molecular weight is 262 g/mol. The Kier molecular flexibility index (Phi) is 4.57. The first kappa shape index (κ1) is 11.7. The van der Waals surface area contributed by atoms with Crippen molar-refractivity contribution in [1.29, 1.82) is 0 Å². The molecule has 0 unspecified atom stereocenters. The van der Waals surface area contributed by atoms with Crippen molar-refractivity contribution in [3.63, 3.8) is 0 Å². The number of hydrogen-bond donors (Lipinski definition) is 1. The molecule has 0 aromatic carbocycles. The number of hydrogen-bond acceptors (Lipinski definition) is 3. The van der Waals surface area contributed by atoms with Crippen LogP contribution in [-0.4, -0.2) is 16.4 Å². The summed E-state index contributed by atoms with van der Waals surface area (Å²) in [5, 5.41) is 4.38. The van der Waals surface area contributed by atoms with Crippen LogP contribution in [0.3, 0.4) is 0 Å². The van der Waals surface area contributed by atoms with Gasteiger partial charge in [-0.3, -0.25) is 4.68 Å². The molecule has 4 nitrogen and oxygen atoms in total. The molecule has 1 heterocycles. The molecule has 0 saturated heterocycles. The maximum absolute atomic E-state index is 5.09. The lowest BCUT2D eigenvalue weighted by molar-refractivity contribution is 0.0447. The molecule has 0 aliphatic heterocycles. The van der Waals surface area contributed by atoms with Crippen LogP contribution in [0.2, 0.25) is 0 Å². The third-order valence-corrected chi connectivity index (χ3v) is 2.97. The molecule has 1 aromatic rings. The zero-order valence-corrected chi connectivity index (χ0v) is 10.4. The SMILES string of the molecule is CCONCc1c(Br)c(C)nn1CC. The number of nitrogens with one attached hydrogen (secondary N) is 1. The third kappa shape index (κ3) is 2.56. The first-order chi connectivity index (χ1) is 6.70. The van der Waals surface area contributed by atoms with Crippen molar-refractivity contribution in [2.75, 3.05) is 6.61 Å². The van der Waals surface area contributed by atoms with Gasteiger partial charge in [0.2, 0.25) is 0 Å². The summed E-state index contributed by atoms with van der Waals surface area (Å²) in [4.78, 5) is 5.09. The molecule has 0 bridgehead atoms. The van der Waals surface area contributed by atoms with Gasteiger partial charge < -0.3 is 4.84 Å². The van der Waals surface area contributed by atoms with E-state index in [4.69, 9.17) is 4.84 Å². The van der Waals surface area contributed by atoms with Gasteiger partial charge >= 0.3 is 0 Å². The molecule has 0 radical (unpaired) electrons. The fourth-order valence-electron chi connectivity index (χ4n) is 1.26. The molecule has 0 fully saturated rings. The molecule has 1 N–H and O–H groups in total. The highest BCUT2D eigenvalue weighted by atomic mass is 79.9. The van der Waals surface area contributed by atoms with Crippen LogP contribution in [0, 0.1) is 6.92 Å². The standard InChI is InChI=1S/C9H16BrN3O/c1-4-13-8(6-11-14-5-2)9(10)7(3)12-13/h11H,4-6H2,1-3H3. The molecule has 0 spiro atoms. The molecule has 80 valence electrons. The van der Waals surface area contributed by atoms with Crippen LogP contribution >= 0.6 is 15.9 Å². The molecular weight excluding hydrogens is 246 g/mol. The smallest absolute Gasteiger partial charge is 0.0739 e. The van der Waals surface area contributed by atoms with Crippen LogP contribution in [0.15, 0.2) is 4.47 Å². The van der Waals surface area contributed by atoms with Gasteiger partial charge in [0.1, 0.15) is 0 Å². The lowest BCUT2D eigenvalue weighted by atomic mass is 10.4. The summed E-state index contributed by atoms with van der Waals surface area (Å²) in [6, 6.07) is 0. The molecule has 1 aromatic heterocycles. The second kappa shape index (κ2) is 5.48. The molecule has 14 heavy (non-hydrogen) atoms. The van der Waals surface area contributed by atoms with Gasteiger partial charge in [-0.15, -0.1) is 0 Å². The lowest BCUT2D eigenvalue weighted by Crippen LogP contribution is -2.17. The number of nitrogens with zero attached hydrogens (tertiary/aromatic N) is 2. The van der Waals surface area contributed by atoms with Gasteiger partial charge in [0.15, 0.2) is 0 Å². The maximum atomic E-state index is 5.09. The predicted octanol–water partition coefficient (Wildman–Crippen LogP) is 2.02. The van der Waals surface area contributed by atoms with Gasteiger partial charge in [0.05, 0.1) is 29.0 Å². The summed E-state index contributed by atoms with van der Waals surface area (Å²) < 4.78 is 3.03. The Morgan fingerprint density at radius 3 is 2.79 bits per heavy atom. The van der Waals surface area contributed by atoms with Crippen molar-refractivity contribution < 1.29 is 4.84 Å². The summed E-state index contributed by atoms with van der Waals surface area (Å²) >= 11 is 3.52. The van der Waals surface area contributed by atoms with Crippen molar-refractivity contribution in [3.05, 3.63) is 15.9 Å². The quantitative estimate of drug-likeness (QED) is 0.651. The summed E-state index contributed by atoms with van der Waals surface area (Å²) in [5.41, 5.74) is 5.03. The Hall–Kier alpha value is -0.390. The number of aryl methyl sites for hydroxylation is 2. The summed E-state index contributed by atoms with van der Waals surface area (Å²) in [5.74, 6) is 0. The fraction of sp³-hybridized carbons (Fsp3) is 0.667. The van der Waals surface area contributed by atoms with E-state index in [1.807, 2.05) is 18.5 Å². The van der Waals surface area contributed by atoms with Gasteiger partial charge in [-0.1, -0.05) is 0 Å². The Balaban J connectivity index is 2.72. The van der Waals surface area contributed by atoms with Gasteiger partial charge in [-0.05, 0) is 36.7 Å². The van der Waals surface area contributed by atoms with Crippen LogP contribution in [0.25, 0.3) is 0 Å². The van der Waals surface area contributed by atoms with Crippen molar-refractivity contribution in [3.8, 4) is 0 Å². The van der Waals surface area contributed by atoms with Gasteiger partial charge in [-0.2, -0.15) is 10.6 Å². The zero-order chi connectivity index (χ0) is 10.6. The first-order valence-electron chi connectivity index (χ1n) is 4.77. The van der Waals surface area contributed by atoms with Crippen molar-refractivity contribution in [2.24, 2.45) is 0 Å². The van der Waals surface area contributed by atoms with E-state index in [1.54, 1.807) is 0 Å². The molecular formula is C9H16BrN3O. The summed E-state index contributed by atoms with van der Waals surface area (Å²) in [7, 11) is 0. The molecule has 0 aliphatic carbocycles. The van der Waals surface area contributed by atoms with E-state index in [-0.39, 0.29) is 0 Å². The van der Waals surface area contributed by atoms with Crippen LogP contribution in [-0.2, 0) is 17.9 Å². The number of halogens is 1. The van der Waals surface area contributed by atoms with Crippen LogP contribution in [0.4, 0.5) is 0 Å². The van der Waals surface area contributed by atoms with Crippen molar-refractivity contribution in [1.82, 2.24) is 15.3 Å². The molecule has 5 heteroatoms. The number of hydroxylamine groups is 1. The van der Waals surface area contributed by atoms with E-state index in [0.29, 0.717) is 13.2 Å². The minimum atomic E-state index is 0.664. The van der Waals surface area contributed by atoms with Crippen LogP contribution in [0.5, 0.6) is 0 Å². The van der Waals surface area contributed by atoms with E-state index in [2.05, 4.69) is 33.4 Å². The lowest BCUT2D eigenvalue weighted by Gasteiger charge is -2.06. The average Bonchev–Trinajstić information content (AvgIpc) is 2.45. The Morgan fingerprint density at radius 1 is 1.50 bits per heavy atom. The van der Waals surface area contributed by atoms with Crippen LogP contribution < -0.4 is 5.48 Å². The predicted molar refractivity (Wildman–Crippen MR) is 58.8 cm³/mol. The topological polar surface area (TPSA) is 39.1 Å². The normalized spacial score (nSPS) is 10.9. The molecule has 0 atom stereocenters. The van der Waals surface area contributed by atoms with E-state index in [1.165, 1.54) is 0 Å². The third-order valence-electron chi connectivity index (χ3n) is 1.94. The van der Waals surface area contributed by atoms with E-state index in [9.17, 15) is 0 Å². The first-order valence-corrected chi connectivity index (χ1v) is 5.56. The maximum Gasteiger partial charge on any atom is 0.0739 e. The Labute approximate surface area is 92.7 Å². The largest absolute Gasteiger partial charge is 0.302 e. The van der Waals surface area contributed by atoms with Crippen LogP contribution in [0.1, 0.15) is 25.2 Å². The van der Waals surface area contributed by atoms with Gasteiger partial charge in [0, 0.05) is 6.54 Å². The monoisotopic (exact) mass is 261 g/mol. The van der Waals surface area contributed by atoms with Gasteiger partial charge in [-0.25, -0.2) is 0 Å². The van der Waals surface area contributed by atoms with E-state index < -0.39 is 0 Å². The van der Waals surface area contributed by atoms with E-state index in [0.717, 1.165) is 22.4 Å². The van der Waals surface area contributed by atoms with Crippen molar-refractivity contribution in [2.45, 2.75) is 33.9 Å². The fourth-order valence-corrected chi connectivity index (χ4v) is 1.68. The summed E-state index contributed by atoms with van der Waals surface area (Å²) in [6.45, 7) is 8.21. The Bertz CT molecular complexity index is 298. The molecule has 0 saturated carbocycles. The molecule has 0 amide bonds. The molecule has 1 rings (SSSR count). The Morgan fingerprint density at radius 2 is 2.21 bits per heavy atom. The summed E-state index contributed by atoms with van der Waals surface area (Å²) in [6.07, 6.45) is 0. The van der Waals surface area contributed by atoms with Crippen molar-refractivity contribution >= 4 is 15.9 Å². The number of aromatic nitrogens is 2. The highest BCUT2D eigenvalue weighted by Crippen LogP contribution is 2.20. The van der Waals surface area contributed by atoms with E-state index >= 15 is 0 Å².